The maximum Gasteiger partial charge on any atom is 0.344 e. The van der Waals surface area contributed by atoms with Crippen molar-refractivity contribution < 1.29 is 19.1 Å². The SMILES string of the molecule is CCn1cc(C(=O)NN2C(=O)N[C@@](C)(c3ccc(OC)cc3)C2=O)c(=O)c2ccc(C)nc21. The van der Waals surface area contributed by atoms with Gasteiger partial charge in [0.2, 0.25) is 5.43 Å². The number of fused-ring (bicyclic) bond motifs is 1. The van der Waals surface area contributed by atoms with E-state index in [2.05, 4.69) is 15.7 Å². The Morgan fingerprint density at radius 1 is 1.15 bits per heavy atom. The van der Waals surface area contributed by atoms with Crippen LogP contribution in [0.4, 0.5) is 4.79 Å². The summed E-state index contributed by atoms with van der Waals surface area (Å²) in [4.78, 5) is 56.0. The number of hydrazine groups is 1. The van der Waals surface area contributed by atoms with E-state index in [1.807, 2.05) is 13.8 Å². The number of carbonyl (C=O) groups is 3. The minimum absolute atomic E-state index is 0.200. The topological polar surface area (TPSA) is 123 Å². The van der Waals surface area contributed by atoms with Crippen molar-refractivity contribution >= 4 is 28.9 Å². The number of pyridine rings is 2. The third kappa shape index (κ3) is 3.59. The minimum Gasteiger partial charge on any atom is -0.497 e. The summed E-state index contributed by atoms with van der Waals surface area (Å²) in [7, 11) is 1.52. The monoisotopic (exact) mass is 449 g/mol. The summed E-state index contributed by atoms with van der Waals surface area (Å²) >= 11 is 0. The second-order valence-corrected chi connectivity index (χ2v) is 7.85. The number of hydrogen-bond acceptors (Lipinski definition) is 6. The van der Waals surface area contributed by atoms with Gasteiger partial charge in [0.1, 0.15) is 22.5 Å². The van der Waals surface area contributed by atoms with Gasteiger partial charge in [0, 0.05) is 18.4 Å². The van der Waals surface area contributed by atoms with Gasteiger partial charge >= 0.3 is 6.03 Å². The molecular formula is C23H23N5O5. The van der Waals surface area contributed by atoms with Crippen LogP contribution in [0.25, 0.3) is 11.0 Å². The molecule has 1 fully saturated rings. The maximum absolute atomic E-state index is 13.1. The molecule has 1 atom stereocenters. The lowest BCUT2D eigenvalue weighted by molar-refractivity contribution is -0.132. The van der Waals surface area contributed by atoms with E-state index in [-0.39, 0.29) is 10.9 Å². The summed E-state index contributed by atoms with van der Waals surface area (Å²) in [6.07, 6.45) is 1.38. The van der Waals surface area contributed by atoms with Crippen molar-refractivity contribution in [1.82, 2.24) is 25.3 Å². The summed E-state index contributed by atoms with van der Waals surface area (Å²) in [6.45, 7) is 5.66. The highest BCUT2D eigenvalue weighted by Gasteiger charge is 2.50. The largest absolute Gasteiger partial charge is 0.497 e. The predicted molar refractivity (Wildman–Crippen MR) is 120 cm³/mol. The van der Waals surface area contributed by atoms with E-state index in [1.165, 1.54) is 20.2 Å². The fourth-order valence-corrected chi connectivity index (χ4v) is 3.79. The summed E-state index contributed by atoms with van der Waals surface area (Å²) in [5, 5.41) is 3.47. The van der Waals surface area contributed by atoms with Gasteiger partial charge in [-0.15, -0.1) is 0 Å². The Bertz CT molecular complexity index is 1350. The number of imide groups is 1. The van der Waals surface area contributed by atoms with Gasteiger partial charge in [-0.3, -0.25) is 19.8 Å². The second-order valence-electron chi connectivity index (χ2n) is 7.85. The van der Waals surface area contributed by atoms with Crippen molar-refractivity contribution in [1.29, 1.82) is 0 Å². The normalized spacial score (nSPS) is 17.9. The number of methoxy groups -OCH3 is 1. The number of hydrogen-bond donors (Lipinski definition) is 2. The highest BCUT2D eigenvalue weighted by Crippen LogP contribution is 2.29. The third-order valence-corrected chi connectivity index (χ3v) is 5.72. The van der Waals surface area contributed by atoms with Gasteiger partial charge in [0.05, 0.1) is 12.5 Å². The molecule has 10 nitrogen and oxygen atoms in total. The van der Waals surface area contributed by atoms with Crippen molar-refractivity contribution in [3.05, 3.63) is 69.6 Å². The Morgan fingerprint density at radius 2 is 1.85 bits per heavy atom. The van der Waals surface area contributed by atoms with Gasteiger partial charge in [-0.1, -0.05) is 12.1 Å². The molecule has 33 heavy (non-hydrogen) atoms. The molecule has 0 bridgehead atoms. The Kier molecular flexibility index (Phi) is 5.36. The van der Waals surface area contributed by atoms with Crippen LogP contribution in [0.1, 0.15) is 35.5 Å². The molecule has 0 unspecified atom stereocenters. The number of rotatable bonds is 5. The first-order valence-corrected chi connectivity index (χ1v) is 10.3. The molecule has 3 heterocycles. The Balaban J connectivity index is 1.66. The zero-order valence-electron chi connectivity index (χ0n) is 18.6. The number of aromatic nitrogens is 2. The lowest BCUT2D eigenvalue weighted by Gasteiger charge is -2.22. The van der Waals surface area contributed by atoms with E-state index in [0.717, 1.165) is 5.69 Å². The first kappa shape index (κ1) is 22.0. The Morgan fingerprint density at radius 3 is 2.48 bits per heavy atom. The quantitative estimate of drug-likeness (QED) is 0.573. The van der Waals surface area contributed by atoms with Crippen molar-refractivity contribution in [2.75, 3.05) is 7.11 Å². The van der Waals surface area contributed by atoms with Crippen LogP contribution in [0.15, 0.2) is 47.4 Å². The molecule has 1 saturated heterocycles. The van der Waals surface area contributed by atoms with E-state index in [0.29, 0.717) is 28.5 Å². The number of amides is 4. The van der Waals surface area contributed by atoms with Crippen LogP contribution in [0.3, 0.4) is 0 Å². The number of urea groups is 1. The zero-order chi connectivity index (χ0) is 23.9. The molecule has 4 amide bonds. The van der Waals surface area contributed by atoms with Gasteiger partial charge in [-0.05, 0) is 50.6 Å². The molecule has 0 radical (unpaired) electrons. The maximum atomic E-state index is 13.1. The molecule has 1 aliphatic rings. The summed E-state index contributed by atoms with van der Waals surface area (Å²) in [6, 6.07) is 9.13. The molecule has 170 valence electrons. The lowest BCUT2D eigenvalue weighted by Crippen LogP contribution is -2.48. The van der Waals surface area contributed by atoms with Crippen LogP contribution < -0.4 is 20.9 Å². The Labute approximate surface area is 189 Å². The number of nitrogens with one attached hydrogen (secondary N) is 2. The third-order valence-electron chi connectivity index (χ3n) is 5.72. The molecular weight excluding hydrogens is 426 g/mol. The zero-order valence-corrected chi connectivity index (χ0v) is 18.6. The molecule has 1 aromatic carbocycles. The van der Waals surface area contributed by atoms with Crippen LogP contribution in [-0.2, 0) is 16.9 Å². The molecule has 0 saturated carbocycles. The van der Waals surface area contributed by atoms with E-state index in [9.17, 15) is 19.2 Å². The van der Waals surface area contributed by atoms with Crippen molar-refractivity contribution in [3.63, 3.8) is 0 Å². The number of aryl methyl sites for hydroxylation is 2. The summed E-state index contributed by atoms with van der Waals surface area (Å²) in [5.41, 5.74) is 1.86. The van der Waals surface area contributed by atoms with Gasteiger partial charge in [0.25, 0.3) is 11.8 Å². The smallest absolute Gasteiger partial charge is 0.344 e. The standard InChI is InChI=1S/C23H23N5O5/c1-5-27-12-17(18(29)16-11-6-13(2)24-19(16)27)20(30)26-28-21(31)23(3,25-22(28)32)14-7-9-15(33-4)10-8-14/h6-12H,5H2,1-4H3,(H,25,32)(H,26,30)/t23-/m0/s1. The van der Waals surface area contributed by atoms with Gasteiger partial charge in [-0.2, -0.15) is 5.01 Å². The van der Waals surface area contributed by atoms with Crippen molar-refractivity contribution in [2.45, 2.75) is 32.9 Å². The average Bonchev–Trinajstić information content (AvgIpc) is 3.03. The predicted octanol–water partition coefficient (Wildman–Crippen LogP) is 1.85. The lowest BCUT2D eigenvalue weighted by atomic mass is 9.92. The first-order chi connectivity index (χ1) is 15.7. The minimum atomic E-state index is -1.40. The van der Waals surface area contributed by atoms with Gasteiger partial charge in [0.15, 0.2) is 0 Å². The van der Waals surface area contributed by atoms with E-state index in [1.54, 1.807) is 41.0 Å². The fourth-order valence-electron chi connectivity index (χ4n) is 3.79. The molecule has 0 aliphatic carbocycles. The molecule has 2 aromatic heterocycles. The molecule has 2 N–H and O–H groups in total. The first-order valence-electron chi connectivity index (χ1n) is 10.3. The van der Waals surface area contributed by atoms with Crippen LogP contribution in [0, 0.1) is 6.92 Å². The summed E-state index contributed by atoms with van der Waals surface area (Å²) in [5.74, 6) is -0.954. The van der Waals surface area contributed by atoms with E-state index in [4.69, 9.17) is 4.74 Å². The molecule has 4 rings (SSSR count). The highest BCUT2D eigenvalue weighted by molar-refractivity contribution is 6.09. The van der Waals surface area contributed by atoms with Crippen LogP contribution in [0.2, 0.25) is 0 Å². The van der Waals surface area contributed by atoms with Crippen molar-refractivity contribution in [2.24, 2.45) is 0 Å². The van der Waals surface area contributed by atoms with E-state index >= 15 is 0 Å². The van der Waals surface area contributed by atoms with E-state index < -0.39 is 28.8 Å². The molecule has 10 heteroatoms. The second kappa shape index (κ2) is 8.05. The number of ether oxygens (including phenoxy) is 1. The highest BCUT2D eigenvalue weighted by atomic mass is 16.5. The van der Waals surface area contributed by atoms with Crippen LogP contribution in [-0.4, -0.2) is 39.5 Å². The number of benzene rings is 1. The van der Waals surface area contributed by atoms with Crippen LogP contribution >= 0.6 is 0 Å². The number of nitrogens with zero attached hydrogens (tertiary/aromatic N) is 3. The molecule has 3 aromatic rings. The Hall–Kier alpha value is -4.21. The number of carbonyl (C=O) groups excluding carboxylic acids is 3. The summed E-state index contributed by atoms with van der Waals surface area (Å²) < 4.78 is 6.80. The average molecular weight is 449 g/mol. The molecule has 1 aliphatic heterocycles. The van der Waals surface area contributed by atoms with Crippen LogP contribution in [0.5, 0.6) is 5.75 Å². The molecule has 0 spiro atoms. The fraction of sp³-hybridized carbons (Fsp3) is 0.261. The van der Waals surface area contributed by atoms with Crippen molar-refractivity contribution in [3.8, 4) is 5.75 Å². The van der Waals surface area contributed by atoms with Gasteiger partial charge in [-0.25, -0.2) is 9.78 Å². The van der Waals surface area contributed by atoms with Gasteiger partial charge < -0.3 is 14.6 Å².